The number of benzene rings is 1. The van der Waals surface area contributed by atoms with Gasteiger partial charge in [0.2, 0.25) is 10.0 Å². The standard InChI is InChI=1S/C19H24N2O4S2/c1-14-4-7-19(26-14)27(22,23)20-8-10-21-9-2-3-16(21)15-5-6-17-18(13-15)25-12-11-24-17/h4-7,13,16,20H,2-3,8-12H2,1H3. The smallest absolute Gasteiger partial charge is 0.250 e. The van der Waals surface area contributed by atoms with Crippen molar-refractivity contribution in [3.8, 4) is 11.5 Å². The minimum atomic E-state index is -3.42. The van der Waals surface area contributed by atoms with Gasteiger partial charge in [-0.2, -0.15) is 0 Å². The summed E-state index contributed by atoms with van der Waals surface area (Å²) in [5.41, 5.74) is 1.20. The largest absolute Gasteiger partial charge is 0.486 e. The molecular weight excluding hydrogens is 384 g/mol. The molecule has 1 N–H and O–H groups in total. The summed E-state index contributed by atoms with van der Waals surface area (Å²) in [6.45, 7) is 5.13. The fraction of sp³-hybridized carbons (Fsp3) is 0.474. The molecule has 0 spiro atoms. The van der Waals surface area contributed by atoms with Gasteiger partial charge in [0.25, 0.3) is 0 Å². The summed E-state index contributed by atoms with van der Waals surface area (Å²) >= 11 is 1.30. The molecule has 0 bridgehead atoms. The summed E-state index contributed by atoms with van der Waals surface area (Å²) < 4.78 is 39.2. The highest BCUT2D eigenvalue weighted by atomic mass is 32.2. The molecule has 27 heavy (non-hydrogen) atoms. The van der Waals surface area contributed by atoms with Gasteiger partial charge < -0.3 is 9.47 Å². The van der Waals surface area contributed by atoms with Gasteiger partial charge in [-0.15, -0.1) is 11.3 Å². The molecule has 2 aliphatic heterocycles. The van der Waals surface area contributed by atoms with Crippen molar-refractivity contribution in [1.82, 2.24) is 9.62 Å². The molecule has 1 unspecified atom stereocenters. The second-order valence-electron chi connectivity index (χ2n) is 6.86. The maximum absolute atomic E-state index is 12.4. The van der Waals surface area contributed by atoms with Crippen LogP contribution in [0.25, 0.3) is 0 Å². The van der Waals surface area contributed by atoms with Crippen LogP contribution in [0.4, 0.5) is 0 Å². The molecule has 0 aliphatic carbocycles. The Morgan fingerprint density at radius 3 is 2.78 bits per heavy atom. The number of rotatable bonds is 6. The molecule has 146 valence electrons. The Morgan fingerprint density at radius 2 is 2.00 bits per heavy atom. The first kappa shape index (κ1) is 18.7. The van der Waals surface area contributed by atoms with E-state index >= 15 is 0 Å². The van der Waals surface area contributed by atoms with Crippen molar-refractivity contribution in [2.75, 3.05) is 32.8 Å². The zero-order valence-electron chi connectivity index (χ0n) is 15.3. The molecule has 1 aromatic carbocycles. The van der Waals surface area contributed by atoms with E-state index in [0.717, 1.165) is 35.8 Å². The van der Waals surface area contributed by atoms with E-state index in [2.05, 4.69) is 21.8 Å². The highest BCUT2D eigenvalue weighted by Gasteiger charge is 2.27. The number of fused-ring (bicyclic) bond motifs is 1. The fourth-order valence-electron chi connectivity index (χ4n) is 3.69. The highest BCUT2D eigenvalue weighted by Crippen LogP contribution is 2.37. The summed E-state index contributed by atoms with van der Waals surface area (Å²) in [6.07, 6.45) is 2.17. The average molecular weight is 409 g/mol. The number of sulfonamides is 1. The summed E-state index contributed by atoms with van der Waals surface area (Å²) in [7, 11) is -3.42. The van der Waals surface area contributed by atoms with Gasteiger partial charge in [0, 0.05) is 24.0 Å². The molecule has 1 fully saturated rings. The number of thiophene rings is 1. The van der Waals surface area contributed by atoms with Crippen LogP contribution in [0.3, 0.4) is 0 Å². The molecule has 8 heteroatoms. The van der Waals surface area contributed by atoms with E-state index in [9.17, 15) is 8.42 Å². The second-order valence-corrected chi connectivity index (χ2v) is 10.1. The summed E-state index contributed by atoms with van der Waals surface area (Å²) in [4.78, 5) is 3.33. The Labute approximate surface area is 164 Å². The number of hydrogen-bond donors (Lipinski definition) is 1. The maximum Gasteiger partial charge on any atom is 0.250 e. The molecule has 1 atom stereocenters. The highest BCUT2D eigenvalue weighted by molar-refractivity contribution is 7.91. The number of nitrogens with zero attached hydrogens (tertiary/aromatic N) is 1. The minimum absolute atomic E-state index is 0.286. The molecule has 1 aromatic heterocycles. The van der Waals surface area contributed by atoms with Crippen LogP contribution in [0, 0.1) is 6.92 Å². The van der Waals surface area contributed by atoms with Gasteiger partial charge in [0.15, 0.2) is 11.5 Å². The van der Waals surface area contributed by atoms with Crippen LogP contribution in [-0.2, 0) is 10.0 Å². The monoisotopic (exact) mass is 408 g/mol. The van der Waals surface area contributed by atoms with E-state index in [1.807, 2.05) is 19.1 Å². The van der Waals surface area contributed by atoms with Crippen molar-refractivity contribution >= 4 is 21.4 Å². The molecule has 0 amide bonds. The lowest BCUT2D eigenvalue weighted by atomic mass is 10.0. The van der Waals surface area contributed by atoms with Crippen molar-refractivity contribution in [1.29, 1.82) is 0 Å². The molecule has 0 saturated carbocycles. The number of likely N-dealkylation sites (tertiary alicyclic amines) is 1. The zero-order valence-corrected chi connectivity index (χ0v) is 16.9. The summed E-state index contributed by atoms with van der Waals surface area (Å²) in [5.74, 6) is 1.60. The van der Waals surface area contributed by atoms with Crippen LogP contribution >= 0.6 is 11.3 Å². The Hall–Kier alpha value is -1.61. The van der Waals surface area contributed by atoms with E-state index in [1.165, 1.54) is 16.9 Å². The predicted molar refractivity (Wildman–Crippen MR) is 105 cm³/mol. The Bertz CT molecular complexity index is 910. The topological polar surface area (TPSA) is 67.9 Å². The number of aryl methyl sites for hydroxylation is 1. The maximum atomic E-state index is 12.4. The number of ether oxygens (including phenoxy) is 2. The molecule has 3 heterocycles. The first-order valence-electron chi connectivity index (χ1n) is 9.23. The lowest BCUT2D eigenvalue weighted by Crippen LogP contribution is -2.34. The van der Waals surface area contributed by atoms with Gasteiger partial charge in [-0.3, -0.25) is 4.90 Å². The third-order valence-corrected chi connectivity index (χ3v) is 7.94. The van der Waals surface area contributed by atoms with E-state index in [-0.39, 0.29) is 6.04 Å². The van der Waals surface area contributed by atoms with Crippen molar-refractivity contribution < 1.29 is 17.9 Å². The third kappa shape index (κ3) is 4.13. The Morgan fingerprint density at radius 1 is 1.19 bits per heavy atom. The van der Waals surface area contributed by atoms with Gasteiger partial charge in [0.05, 0.1) is 0 Å². The van der Waals surface area contributed by atoms with E-state index < -0.39 is 10.0 Å². The van der Waals surface area contributed by atoms with Crippen LogP contribution in [0.15, 0.2) is 34.5 Å². The molecule has 2 aliphatic rings. The average Bonchev–Trinajstić information content (AvgIpc) is 3.30. The zero-order chi connectivity index (χ0) is 18.9. The normalized spacial score (nSPS) is 20.1. The first-order chi connectivity index (χ1) is 13.0. The first-order valence-corrected chi connectivity index (χ1v) is 11.5. The molecule has 4 rings (SSSR count). The minimum Gasteiger partial charge on any atom is -0.486 e. The number of hydrogen-bond acceptors (Lipinski definition) is 6. The second kappa shape index (κ2) is 7.79. The molecule has 1 saturated heterocycles. The molecule has 2 aromatic rings. The van der Waals surface area contributed by atoms with Crippen LogP contribution in [0.1, 0.15) is 29.3 Å². The van der Waals surface area contributed by atoms with E-state index in [1.54, 1.807) is 6.07 Å². The van der Waals surface area contributed by atoms with E-state index in [0.29, 0.717) is 30.5 Å². The van der Waals surface area contributed by atoms with E-state index in [4.69, 9.17) is 9.47 Å². The van der Waals surface area contributed by atoms with Gasteiger partial charge in [0.1, 0.15) is 17.4 Å². The van der Waals surface area contributed by atoms with Crippen LogP contribution in [0.2, 0.25) is 0 Å². The van der Waals surface area contributed by atoms with Crippen LogP contribution in [-0.4, -0.2) is 46.2 Å². The van der Waals surface area contributed by atoms with Gasteiger partial charge in [-0.25, -0.2) is 13.1 Å². The molecule has 6 nitrogen and oxygen atoms in total. The Kier molecular flexibility index (Phi) is 5.41. The Balaban J connectivity index is 1.39. The molecule has 0 radical (unpaired) electrons. The summed E-state index contributed by atoms with van der Waals surface area (Å²) in [5, 5.41) is 0. The molecular formula is C19H24N2O4S2. The van der Waals surface area contributed by atoms with Gasteiger partial charge >= 0.3 is 0 Å². The van der Waals surface area contributed by atoms with Crippen LogP contribution < -0.4 is 14.2 Å². The predicted octanol–water partition coefficient (Wildman–Crippen LogP) is 2.94. The lowest BCUT2D eigenvalue weighted by molar-refractivity contribution is 0.170. The lowest BCUT2D eigenvalue weighted by Gasteiger charge is -2.26. The number of nitrogens with one attached hydrogen (secondary N) is 1. The van der Waals surface area contributed by atoms with Gasteiger partial charge in [-0.1, -0.05) is 6.07 Å². The van der Waals surface area contributed by atoms with Crippen molar-refractivity contribution in [2.24, 2.45) is 0 Å². The van der Waals surface area contributed by atoms with Crippen molar-refractivity contribution in [3.63, 3.8) is 0 Å². The third-order valence-electron chi connectivity index (χ3n) is 4.99. The SMILES string of the molecule is Cc1ccc(S(=O)(=O)NCCN2CCCC2c2ccc3c(c2)OCCO3)s1. The quantitative estimate of drug-likeness (QED) is 0.796. The van der Waals surface area contributed by atoms with Gasteiger partial charge in [-0.05, 0) is 56.1 Å². The fourth-order valence-corrected chi connectivity index (χ4v) is 6.04. The van der Waals surface area contributed by atoms with Crippen molar-refractivity contribution in [2.45, 2.75) is 30.0 Å². The van der Waals surface area contributed by atoms with Crippen LogP contribution in [0.5, 0.6) is 11.5 Å². The van der Waals surface area contributed by atoms with Crippen molar-refractivity contribution in [3.05, 3.63) is 40.8 Å². The summed E-state index contributed by atoms with van der Waals surface area (Å²) in [6, 6.07) is 9.91.